The highest BCUT2D eigenvalue weighted by molar-refractivity contribution is 5.92. The zero-order chi connectivity index (χ0) is 15.4. The lowest BCUT2D eigenvalue weighted by Gasteiger charge is -2.23. The van der Waals surface area contributed by atoms with Crippen molar-refractivity contribution >= 4 is 5.91 Å². The number of nitrogens with zero attached hydrogens (tertiary/aromatic N) is 4. The molecule has 1 aliphatic heterocycles. The Morgan fingerprint density at radius 1 is 1.45 bits per heavy atom. The normalized spacial score (nSPS) is 19.0. The van der Waals surface area contributed by atoms with Crippen LogP contribution in [-0.4, -0.2) is 51.6 Å². The molecule has 6 heteroatoms. The van der Waals surface area contributed by atoms with Crippen LogP contribution in [0.5, 0.6) is 0 Å². The molecule has 0 bridgehead atoms. The van der Waals surface area contributed by atoms with E-state index in [0.717, 1.165) is 12.1 Å². The Labute approximate surface area is 129 Å². The third-order valence-corrected chi connectivity index (χ3v) is 3.93. The van der Waals surface area contributed by atoms with Gasteiger partial charge in [0.25, 0.3) is 5.91 Å². The van der Waals surface area contributed by atoms with Crippen molar-refractivity contribution in [1.82, 2.24) is 19.4 Å². The summed E-state index contributed by atoms with van der Waals surface area (Å²) in [5, 5.41) is 0. The molecule has 0 saturated carbocycles. The Morgan fingerprint density at radius 2 is 2.36 bits per heavy atom. The van der Waals surface area contributed by atoms with Crippen LogP contribution >= 0.6 is 0 Å². The zero-order valence-corrected chi connectivity index (χ0v) is 12.7. The number of ether oxygens (including phenoxy) is 1. The Hall–Kier alpha value is -2.21. The molecule has 2 aromatic heterocycles. The van der Waals surface area contributed by atoms with Crippen molar-refractivity contribution in [3.05, 3.63) is 48.3 Å². The van der Waals surface area contributed by atoms with E-state index in [1.54, 1.807) is 12.5 Å². The van der Waals surface area contributed by atoms with Crippen molar-refractivity contribution in [3.63, 3.8) is 0 Å². The van der Waals surface area contributed by atoms with Gasteiger partial charge >= 0.3 is 0 Å². The van der Waals surface area contributed by atoms with Crippen molar-refractivity contribution in [1.29, 1.82) is 0 Å². The van der Waals surface area contributed by atoms with Crippen molar-refractivity contribution in [2.75, 3.05) is 26.3 Å². The van der Waals surface area contributed by atoms with Gasteiger partial charge in [-0.3, -0.25) is 4.79 Å². The lowest BCUT2D eigenvalue weighted by atomic mass is 10.0. The fourth-order valence-corrected chi connectivity index (χ4v) is 2.77. The fraction of sp³-hybridized carbons (Fsp3) is 0.438. The van der Waals surface area contributed by atoms with Gasteiger partial charge in [0.1, 0.15) is 12.0 Å². The van der Waals surface area contributed by atoms with Gasteiger partial charge in [-0.15, -0.1) is 0 Å². The van der Waals surface area contributed by atoms with E-state index >= 15 is 0 Å². The summed E-state index contributed by atoms with van der Waals surface area (Å²) < 4.78 is 7.52. The third kappa shape index (κ3) is 3.33. The van der Waals surface area contributed by atoms with Gasteiger partial charge in [-0.05, 0) is 24.6 Å². The van der Waals surface area contributed by atoms with Crippen LogP contribution in [0.4, 0.5) is 0 Å². The number of rotatable bonds is 3. The minimum Gasteiger partial charge on any atom is -0.379 e. The molecule has 0 spiro atoms. The van der Waals surface area contributed by atoms with Crippen molar-refractivity contribution in [2.24, 2.45) is 13.0 Å². The average molecular weight is 300 g/mol. The van der Waals surface area contributed by atoms with Gasteiger partial charge < -0.3 is 14.2 Å². The Kier molecular flexibility index (Phi) is 4.48. The van der Waals surface area contributed by atoms with Gasteiger partial charge in [-0.2, -0.15) is 0 Å². The molecule has 6 nitrogen and oxygen atoms in total. The standard InChI is InChI=1S/C16H20N4O2/c1-19-6-2-3-15(19)16(21)20-7-8-22-11-13(10-20)9-14-4-5-17-12-18-14/h2-6,12-13H,7-11H2,1H3/t13-/m1/s1. The maximum atomic E-state index is 12.7. The summed E-state index contributed by atoms with van der Waals surface area (Å²) in [5.41, 5.74) is 1.69. The average Bonchev–Trinajstić information content (AvgIpc) is 2.82. The Bertz CT molecular complexity index is 626. The van der Waals surface area contributed by atoms with Crippen LogP contribution < -0.4 is 0 Å². The summed E-state index contributed by atoms with van der Waals surface area (Å²) in [5.74, 6) is 0.312. The topological polar surface area (TPSA) is 60.2 Å². The first-order valence-corrected chi connectivity index (χ1v) is 7.47. The molecule has 1 amide bonds. The summed E-state index contributed by atoms with van der Waals surface area (Å²) >= 11 is 0. The molecule has 0 N–H and O–H groups in total. The molecule has 0 aromatic carbocycles. The van der Waals surface area contributed by atoms with Crippen molar-refractivity contribution < 1.29 is 9.53 Å². The van der Waals surface area contributed by atoms with Gasteiger partial charge in [-0.1, -0.05) is 0 Å². The van der Waals surface area contributed by atoms with Gasteiger partial charge in [0.2, 0.25) is 0 Å². The number of carbonyl (C=O) groups is 1. The van der Waals surface area contributed by atoms with Gasteiger partial charge in [0.05, 0.1) is 13.2 Å². The van der Waals surface area contributed by atoms with Crippen LogP contribution in [0, 0.1) is 5.92 Å². The maximum absolute atomic E-state index is 12.7. The van der Waals surface area contributed by atoms with E-state index in [4.69, 9.17) is 4.74 Å². The quantitative estimate of drug-likeness (QED) is 0.853. The van der Waals surface area contributed by atoms with Crippen LogP contribution in [0.25, 0.3) is 0 Å². The number of aryl methyl sites for hydroxylation is 1. The summed E-state index contributed by atoms with van der Waals surface area (Å²) in [6.45, 7) is 2.55. The molecule has 1 fully saturated rings. The maximum Gasteiger partial charge on any atom is 0.270 e. The van der Waals surface area contributed by atoms with Crippen LogP contribution in [-0.2, 0) is 18.2 Å². The highest BCUT2D eigenvalue weighted by Gasteiger charge is 2.25. The van der Waals surface area contributed by atoms with Crippen molar-refractivity contribution in [2.45, 2.75) is 6.42 Å². The Balaban J connectivity index is 1.70. The molecule has 1 atom stereocenters. The van der Waals surface area contributed by atoms with Crippen LogP contribution in [0.1, 0.15) is 16.2 Å². The number of hydrogen-bond acceptors (Lipinski definition) is 4. The molecule has 0 unspecified atom stereocenters. The van der Waals surface area contributed by atoms with E-state index in [0.29, 0.717) is 32.0 Å². The van der Waals surface area contributed by atoms with E-state index < -0.39 is 0 Å². The molecule has 116 valence electrons. The first-order valence-electron chi connectivity index (χ1n) is 7.47. The number of carbonyl (C=O) groups excluding carboxylic acids is 1. The van der Waals surface area contributed by atoms with Crippen molar-refractivity contribution in [3.8, 4) is 0 Å². The monoisotopic (exact) mass is 300 g/mol. The van der Waals surface area contributed by atoms with Crippen LogP contribution in [0.2, 0.25) is 0 Å². The predicted octanol–water partition coefficient (Wildman–Crippen LogP) is 1.15. The number of amides is 1. The lowest BCUT2D eigenvalue weighted by Crippen LogP contribution is -2.37. The molecule has 22 heavy (non-hydrogen) atoms. The molecule has 3 rings (SSSR count). The molecular weight excluding hydrogens is 280 g/mol. The highest BCUT2D eigenvalue weighted by Crippen LogP contribution is 2.15. The second-order valence-corrected chi connectivity index (χ2v) is 5.60. The molecule has 1 aliphatic rings. The summed E-state index contributed by atoms with van der Waals surface area (Å²) in [6, 6.07) is 5.65. The second-order valence-electron chi connectivity index (χ2n) is 5.60. The van der Waals surface area contributed by atoms with Gasteiger partial charge in [0, 0.05) is 44.1 Å². The minimum atomic E-state index is 0.0608. The molecule has 1 saturated heterocycles. The summed E-state index contributed by atoms with van der Waals surface area (Å²) in [4.78, 5) is 22.7. The number of hydrogen-bond donors (Lipinski definition) is 0. The van der Waals surface area contributed by atoms with E-state index in [-0.39, 0.29) is 11.8 Å². The van der Waals surface area contributed by atoms with Gasteiger partial charge in [0.15, 0.2) is 0 Å². The zero-order valence-electron chi connectivity index (χ0n) is 12.7. The van der Waals surface area contributed by atoms with E-state index in [1.807, 2.05) is 40.9 Å². The number of aromatic nitrogens is 3. The fourth-order valence-electron chi connectivity index (χ4n) is 2.77. The molecular formula is C16H20N4O2. The largest absolute Gasteiger partial charge is 0.379 e. The summed E-state index contributed by atoms with van der Waals surface area (Å²) in [7, 11) is 1.89. The molecule has 2 aromatic rings. The first kappa shape index (κ1) is 14.7. The molecule has 3 heterocycles. The van der Waals surface area contributed by atoms with E-state index in [2.05, 4.69) is 9.97 Å². The van der Waals surface area contributed by atoms with E-state index in [9.17, 15) is 4.79 Å². The molecule has 0 radical (unpaired) electrons. The van der Waals surface area contributed by atoms with E-state index in [1.165, 1.54) is 0 Å². The van der Waals surface area contributed by atoms with Crippen LogP contribution in [0.3, 0.4) is 0 Å². The second kappa shape index (κ2) is 6.70. The third-order valence-electron chi connectivity index (χ3n) is 3.93. The molecule has 0 aliphatic carbocycles. The predicted molar refractivity (Wildman–Crippen MR) is 81.4 cm³/mol. The lowest BCUT2D eigenvalue weighted by molar-refractivity contribution is 0.0728. The summed E-state index contributed by atoms with van der Waals surface area (Å²) in [6.07, 6.45) is 5.98. The minimum absolute atomic E-state index is 0.0608. The SMILES string of the molecule is Cn1cccc1C(=O)N1CCOC[C@H](Cc2ccncn2)C1. The first-order chi connectivity index (χ1) is 10.7. The van der Waals surface area contributed by atoms with Gasteiger partial charge in [-0.25, -0.2) is 9.97 Å². The highest BCUT2D eigenvalue weighted by atomic mass is 16.5. The van der Waals surface area contributed by atoms with Crippen LogP contribution in [0.15, 0.2) is 36.9 Å². The Morgan fingerprint density at radius 3 is 3.09 bits per heavy atom. The smallest absolute Gasteiger partial charge is 0.270 e.